The number of hydrogen-bond acceptors (Lipinski definition) is 0. The second-order valence-corrected chi connectivity index (χ2v) is 29.1. The molecule has 0 unspecified atom stereocenters. The van der Waals surface area contributed by atoms with E-state index in [1.54, 1.807) is 109 Å². The molecule has 0 aromatic carbocycles. The Morgan fingerprint density at radius 3 is 0.615 bits per heavy atom. The van der Waals surface area contributed by atoms with Crippen LogP contribution in [0.1, 0.15) is 184 Å². The molecule has 0 N–H and O–H groups in total. The Morgan fingerprint density at radius 1 is 0.308 bits per heavy atom. The molecule has 4 saturated carbocycles. The van der Waals surface area contributed by atoms with E-state index in [0.717, 1.165) is 22.6 Å². The van der Waals surface area contributed by atoms with Crippen molar-refractivity contribution in [3.05, 3.63) is 0 Å². The third-order valence-corrected chi connectivity index (χ3v) is 30.8. The minimum atomic E-state index is -1.78. The van der Waals surface area contributed by atoms with Crippen LogP contribution in [0, 0.1) is 0 Å². The number of hydrogen-bond donors (Lipinski definition) is 0. The SMILES string of the molecule is CC.CC.CC.CC.CP(C)(CP(C)(C)(C1CCCCC1)C1CCCCC1)(C1CCCCC1)C1CCCCC1. The first-order valence-electron chi connectivity index (χ1n) is 18.7. The van der Waals surface area contributed by atoms with Crippen LogP contribution in [-0.2, 0) is 0 Å². The summed E-state index contributed by atoms with van der Waals surface area (Å²) >= 11 is 0. The summed E-state index contributed by atoms with van der Waals surface area (Å²) in [5.41, 5.74) is 4.49. The molecule has 0 spiro atoms. The van der Waals surface area contributed by atoms with Gasteiger partial charge < -0.3 is 0 Å². The Morgan fingerprint density at radius 2 is 0.462 bits per heavy atom. The molecule has 4 rings (SSSR count). The topological polar surface area (TPSA) is 0 Å². The van der Waals surface area contributed by atoms with E-state index in [1.807, 2.05) is 55.4 Å². The third kappa shape index (κ3) is 9.95. The summed E-state index contributed by atoms with van der Waals surface area (Å²) in [6.07, 6.45) is 31.3. The van der Waals surface area contributed by atoms with Gasteiger partial charge in [0.05, 0.1) is 0 Å². The van der Waals surface area contributed by atoms with Crippen molar-refractivity contribution in [1.29, 1.82) is 0 Å². The van der Waals surface area contributed by atoms with Crippen molar-refractivity contribution in [2.45, 2.75) is 206 Å². The second kappa shape index (κ2) is 19.2. The van der Waals surface area contributed by atoms with Gasteiger partial charge >= 0.3 is 197 Å². The maximum absolute atomic E-state index is 3.03. The van der Waals surface area contributed by atoms with Crippen LogP contribution < -0.4 is 0 Å². The van der Waals surface area contributed by atoms with Crippen LogP contribution in [0.2, 0.25) is 0 Å². The van der Waals surface area contributed by atoms with E-state index in [4.69, 9.17) is 0 Å². The van der Waals surface area contributed by atoms with Crippen molar-refractivity contribution in [3.63, 3.8) is 0 Å². The van der Waals surface area contributed by atoms with Crippen molar-refractivity contribution in [3.8, 4) is 0 Å². The van der Waals surface area contributed by atoms with E-state index in [0.29, 0.717) is 0 Å². The van der Waals surface area contributed by atoms with Gasteiger partial charge in [-0.3, -0.25) is 0 Å². The fraction of sp³-hybridized carbons (Fsp3) is 1.00. The Labute approximate surface area is 251 Å². The van der Waals surface area contributed by atoms with Crippen molar-refractivity contribution in [2.24, 2.45) is 0 Å². The molecule has 39 heavy (non-hydrogen) atoms. The van der Waals surface area contributed by atoms with Gasteiger partial charge in [-0.25, -0.2) is 0 Å². The monoisotopic (exact) mass is 589 g/mol. The first-order chi connectivity index (χ1) is 18.7. The van der Waals surface area contributed by atoms with Crippen LogP contribution in [0.15, 0.2) is 0 Å². The first kappa shape index (κ1) is 39.9. The Hall–Kier alpha value is 0.860. The Kier molecular flexibility index (Phi) is 19.6. The summed E-state index contributed by atoms with van der Waals surface area (Å²) in [5, 5.41) is 0. The molecular formula is C37H82P2. The minimum absolute atomic E-state index is 1.12. The van der Waals surface area contributed by atoms with Crippen LogP contribution in [0.4, 0.5) is 0 Å². The first-order valence-corrected chi connectivity index (χ1v) is 25.6. The average molecular weight is 589 g/mol. The Balaban J connectivity index is 0.00000166. The zero-order valence-corrected chi connectivity index (χ0v) is 31.8. The molecule has 2 heteroatoms. The van der Waals surface area contributed by atoms with E-state index in [9.17, 15) is 0 Å². The Bertz CT molecular complexity index is 487. The van der Waals surface area contributed by atoms with Crippen LogP contribution in [0.5, 0.6) is 0 Å². The van der Waals surface area contributed by atoms with Crippen molar-refractivity contribution < 1.29 is 0 Å². The molecule has 0 aromatic heterocycles. The summed E-state index contributed by atoms with van der Waals surface area (Å²) in [4.78, 5) is 0. The van der Waals surface area contributed by atoms with Gasteiger partial charge in [0.2, 0.25) is 0 Å². The molecule has 4 aliphatic carbocycles. The third-order valence-electron chi connectivity index (χ3n) is 12.0. The van der Waals surface area contributed by atoms with Gasteiger partial charge in [-0.2, -0.15) is 0 Å². The molecule has 0 aliphatic heterocycles. The van der Waals surface area contributed by atoms with Crippen LogP contribution in [0.3, 0.4) is 0 Å². The fourth-order valence-electron chi connectivity index (χ4n) is 10.2. The fourth-order valence-corrected chi connectivity index (χ4v) is 34.6. The van der Waals surface area contributed by atoms with Crippen LogP contribution in [0.25, 0.3) is 0 Å². The molecule has 0 bridgehead atoms. The van der Waals surface area contributed by atoms with Gasteiger partial charge in [-0.1, -0.05) is 55.4 Å². The van der Waals surface area contributed by atoms with Gasteiger partial charge in [0.15, 0.2) is 0 Å². The molecule has 0 nitrogen and oxygen atoms in total. The predicted molar refractivity (Wildman–Crippen MR) is 195 cm³/mol. The molecule has 0 atom stereocenters. The van der Waals surface area contributed by atoms with E-state index in [-0.39, 0.29) is 0 Å². The van der Waals surface area contributed by atoms with Crippen molar-refractivity contribution in [2.75, 3.05) is 32.6 Å². The molecule has 0 aromatic rings. The van der Waals surface area contributed by atoms with Crippen molar-refractivity contribution >= 4 is 13.2 Å². The molecule has 0 radical (unpaired) electrons. The number of rotatable bonds is 6. The van der Waals surface area contributed by atoms with Gasteiger partial charge in [-0.15, -0.1) is 0 Å². The van der Waals surface area contributed by atoms with Crippen LogP contribution in [-0.4, -0.2) is 55.2 Å². The van der Waals surface area contributed by atoms with Gasteiger partial charge in [0, 0.05) is 0 Å². The maximum atomic E-state index is 3.03. The standard InChI is InChI=1S/C29H58P2.4C2H6/c1-30(2,26-17-9-5-10-18-26,27-19-11-6-12-20-27)25-31(3,4,28-21-13-7-14-22-28)29-23-15-8-16-24-29;4*1-2/h26-29H,5-25H2,1-4H3;4*1-2H3. The normalized spacial score (nSPS) is 24.2. The summed E-state index contributed by atoms with van der Waals surface area (Å²) in [5.74, 6) is 1.78. The zero-order chi connectivity index (χ0) is 30.1. The summed E-state index contributed by atoms with van der Waals surface area (Å²) < 4.78 is 0. The van der Waals surface area contributed by atoms with E-state index >= 15 is 0 Å². The molecule has 4 fully saturated rings. The quantitative estimate of drug-likeness (QED) is 0.271. The van der Waals surface area contributed by atoms with Gasteiger partial charge in [0.1, 0.15) is 0 Å². The molecule has 0 heterocycles. The van der Waals surface area contributed by atoms with Gasteiger partial charge in [0.25, 0.3) is 0 Å². The molecule has 4 aliphatic rings. The molecule has 0 saturated heterocycles. The summed E-state index contributed by atoms with van der Waals surface area (Å²) in [6.45, 7) is 24.5. The van der Waals surface area contributed by atoms with Crippen molar-refractivity contribution in [1.82, 2.24) is 0 Å². The predicted octanol–water partition coefficient (Wildman–Crippen LogP) is 14.0. The van der Waals surface area contributed by atoms with E-state index < -0.39 is 13.2 Å². The van der Waals surface area contributed by atoms with Gasteiger partial charge in [-0.05, 0) is 0 Å². The summed E-state index contributed by atoms with van der Waals surface area (Å²) in [7, 11) is 0. The zero-order valence-electron chi connectivity index (χ0n) is 30.1. The second-order valence-electron chi connectivity index (χ2n) is 14.6. The molecule has 0 amide bonds. The molecule has 240 valence electrons. The van der Waals surface area contributed by atoms with Crippen LogP contribution >= 0.6 is 13.2 Å². The summed E-state index contributed by atoms with van der Waals surface area (Å²) in [6, 6.07) is 0. The van der Waals surface area contributed by atoms with E-state index in [1.165, 1.54) is 25.7 Å². The van der Waals surface area contributed by atoms with E-state index in [2.05, 4.69) is 26.7 Å². The molecular weight excluding hydrogens is 506 g/mol. The average Bonchev–Trinajstić information content (AvgIpc) is 3.03.